The van der Waals surface area contributed by atoms with E-state index in [1.165, 1.54) is 0 Å². The molecule has 3 aromatic heterocycles. The van der Waals surface area contributed by atoms with Gasteiger partial charge in [-0.2, -0.15) is 5.10 Å². The van der Waals surface area contributed by atoms with Gasteiger partial charge in [0.05, 0.1) is 17.2 Å². The Morgan fingerprint density at radius 3 is 2.90 bits per heavy atom. The maximum absolute atomic E-state index is 8.82. The Morgan fingerprint density at radius 1 is 1.15 bits per heavy atom. The SMILES string of the molecule is OCCCn1cc(-c2cnc3ccc(Cl)nc3c2)cn1. The largest absolute Gasteiger partial charge is 0.396 e. The molecule has 20 heavy (non-hydrogen) atoms. The van der Waals surface area contributed by atoms with Gasteiger partial charge in [0.2, 0.25) is 0 Å². The van der Waals surface area contributed by atoms with Crippen LogP contribution >= 0.6 is 11.6 Å². The quantitative estimate of drug-likeness (QED) is 0.749. The highest BCUT2D eigenvalue weighted by atomic mass is 35.5. The lowest BCUT2D eigenvalue weighted by Crippen LogP contribution is -1.99. The fourth-order valence-electron chi connectivity index (χ4n) is 2.01. The summed E-state index contributed by atoms with van der Waals surface area (Å²) in [5.74, 6) is 0. The predicted octanol–water partition coefficient (Wildman–Crippen LogP) is 2.53. The standard InChI is InChI=1S/C14H13ClN4O/c15-14-3-2-12-13(18-14)6-10(7-16-12)11-8-17-19(9-11)4-1-5-20/h2-3,6-9,20H,1,4-5H2. The van der Waals surface area contributed by atoms with Crippen LogP contribution in [0.3, 0.4) is 0 Å². The number of aromatic nitrogens is 4. The molecule has 0 saturated heterocycles. The average Bonchev–Trinajstić information content (AvgIpc) is 2.93. The molecule has 5 nitrogen and oxygen atoms in total. The van der Waals surface area contributed by atoms with Crippen LogP contribution in [-0.4, -0.2) is 31.5 Å². The summed E-state index contributed by atoms with van der Waals surface area (Å²) in [6, 6.07) is 5.52. The van der Waals surface area contributed by atoms with Crippen molar-refractivity contribution >= 4 is 22.6 Å². The molecule has 0 radical (unpaired) electrons. The number of aliphatic hydroxyl groups is 1. The monoisotopic (exact) mass is 288 g/mol. The minimum Gasteiger partial charge on any atom is -0.396 e. The zero-order valence-corrected chi connectivity index (χ0v) is 11.5. The summed E-state index contributed by atoms with van der Waals surface area (Å²) in [5.41, 5.74) is 3.49. The van der Waals surface area contributed by atoms with Crippen LogP contribution in [0.5, 0.6) is 0 Å². The van der Waals surface area contributed by atoms with Gasteiger partial charge < -0.3 is 5.11 Å². The van der Waals surface area contributed by atoms with Crippen molar-refractivity contribution in [3.05, 3.63) is 41.9 Å². The van der Waals surface area contributed by atoms with Crippen LogP contribution in [0.2, 0.25) is 5.15 Å². The van der Waals surface area contributed by atoms with Crippen LogP contribution in [0.25, 0.3) is 22.2 Å². The van der Waals surface area contributed by atoms with Gasteiger partial charge in [0.1, 0.15) is 5.15 Å². The highest BCUT2D eigenvalue weighted by molar-refractivity contribution is 6.29. The van der Waals surface area contributed by atoms with Crippen molar-refractivity contribution in [2.75, 3.05) is 6.61 Å². The zero-order valence-electron chi connectivity index (χ0n) is 10.7. The molecule has 0 unspecified atom stereocenters. The van der Waals surface area contributed by atoms with E-state index in [0.717, 1.165) is 22.2 Å². The zero-order chi connectivity index (χ0) is 13.9. The van der Waals surface area contributed by atoms with Crippen molar-refractivity contribution in [2.24, 2.45) is 0 Å². The number of halogens is 1. The maximum atomic E-state index is 8.82. The average molecular weight is 289 g/mol. The lowest BCUT2D eigenvalue weighted by atomic mass is 10.1. The fraction of sp³-hybridized carbons (Fsp3) is 0.214. The summed E-state index contributed by atoms with van der Waals surface area (Å²) in [6.45, 7) is 0.858. The van der Waals surface area contributed by atoms with E-state index in [9.17, 15) is 0 Å². The molecule has 0 amide bonds. The molecule has 0 aromatic carbocycles. The fourth-order valence-corrected chi connectivity index (χ4v) is 2.16. The highest BCUT2D eigenvalue weighted by Crippen LogP contribution is 2.22. The van der Waals surface area contributed by atoms with Crippen molar-refractivity contribution in [1.29, 1.82) is 0 Å². The molecule has 1 N–H and O–H groups in total. The van der Waals surface area contributed by atoms with Gasteiger partial charge in [0, 0.05) is 36.7 Å². The normalized spacial score (nSPS) is 11.1. The molecular weight excluding hydrogens is 276 g/mol. The van der Waals surface area contributed by atoms with Crippen LogP contribution in [0.4, 0.5) is 0 Å². The third-order valence-electron chi connectivity index (χ3n) is 3.02. The van der Waals surface area contributed by atoms with Gasteiger partial charge in [-0.1, -0.05) is 11.6 Å². The van der Waals surface area contributed by atoms with Gasteiger partial charge in [0.15, 0.2) is 0 Å². The van der Waals surface area contributed by atoms with E-state index >= 15 is 0 Å². The summed E-state index contributed by atoms with van der Waals surface area (Å²) in [5, 5.41) is 13.5. The first-order chi connectivity index (χ1) is 9.76. The van der Waals surface area contributed by atoms with Crippen LogP contribution in [0, 0.1) is 0 Å². The number of hydrogen-bond donors (Lipinski definition) is 1. The molecule has 102 valence electrons. The van der Waals surface area contributed by atoms with E-state index in [0.29, 0.717) is 18.1 Å². The second-order valence-electron chi connectivity index (χ2n) is 4.47. The summed E-state index contributed by atoms with van der Waals surface area (Å²) in [4.78, 5) is 8.63. The molecule has 3 rings (SSSR count). The molecule has 0 fully saturated rings. The smallest absolute Gasteiger partial charge is 0.129 e. The Hall–Kier alpha value is -1.98. The number of pyridine rings is 2. The molecule has 0 aliphatic carbocycles. The first kappa shape index (κ1) is 13.0. The van der Waals surface area contributed by atoms with E-state index in [-0.39, 0.29) is 6.61 Å². The van der Waals surface area contributed by atoms with E-state index < -0.39 is 0 Å². The predicted molar refractivity (Wildman–Crippen MR) is 77.5 cm³/mol. The molecule has 0 aliphatic heterocycles. The Balaban J connectivity index is 1.95. The van der Waals surface area contributed by atoms with Crippen LogP contribution in [0.1, 0.15) is 6.42 Å². The second-order valence-corrected chi connectivity index (χ2v) is 4.85. The van der Waals surface area contributed by atoms with Gasteiger partial charge in [-0.05, 0) is 24.6 Å². The van der Waals surface area contributed by atoms with Crippen molar-refractivity contribution in [1.82, 2.24) is 19.7 Å². The molecule has 0 bridgehead atoms. The molecular formula is C14H13ClN4O. The summed E-state index contributed by atoms with van der Waals surface area (Å²) in [7, 11) is 0. The van der Waals surface area contributed by atoms with Gasteiger partial charge in [0.25, 0.3) is 0 Å². The number of aliphatic hydroxyl groups excluding tert-OH is 1. The minimum atomic E-state index is 0.162. The Morgan fingerprint density at radius 2 is 2.05 bits per heavy atom. The second kappa shape index (κ2) is 5.56. The Kier molecular flexibility index (Phi) is 3.62. The van der Waals surface area contributed by atoms with Crippen molar-refractivity contribution in [3.8, 4) is 11.1 Å². The van der Waals surface area contributed by atoms with Crippen LogP contribution in [0.15, 0.2) is 36.8 Å². The van der Waals surface area contributed by atoms with Gasteiger partial charge >= 0.3 is 0 Å². The summed E-state index contributed by atoms with van der Waals surface area (Å²) >= 11 is 5.90. The van der Waals surface area contributed by atoms with Gasteiger partial charge in [-0.3, -0.25) is 9.67 Å². The van der Waals surface area contributed by atoms with Crippen LogP contribution in [-0.2, 0) is 6.54 Å². The third kappa shape index (κ3) is 2.64. The van der Waals surface area contributed by atoms with Crippen LogP contribution < -0.4 is 0 Å². The first-order valence-corrected chi connectivity index (χ1v) is 6.70. The molecule has 0 spiro atoms. The first-order valence-electron chi connectivity index (χ1n) is 6.32. The number of nitrogens with zero attached hydrogens (tertiary/aromatic N) is 4. The number of hydrogen-bond acceptors (Lipinski definition) is 4. The molecule has 6 heteroatoms. The summed E-state index contributed by atoms with van der Waals surface area (Å²) < 4.78 is 1.81. The van der Waals surface area contributed by atoms with Crippen molar-refractivity contribution in [3.63, 3.8) is 0 Å². The Bertz CT molecular complexity index is 741. The lowest BCUT2D eigenvalue weighted by molar-refractivity contribution is 0.277. The number of rotatable bonds is 4. The topological polar surface area (TPSA) is 63.8 Å². The van der Waals surface area contributed by atoms with E-state index in [1.807, 2.05) is 18.3 Å². The minimum absolute atomic E-state index is 0.162. The highest BCUT2D eigenvalue weighted by Gasteiger charge is 2.05. The molecule has 0 atom stereocenters. The van der Waals surface area contributed by atoms with E-state index in [1.54, 1.807) is 23.1 Å². The number of fused-ring (bicyclic) bond motifs is 1. The third-order valence-corrected chi connectivity index (χ3v) is 3.23. The van der Waals surface area contributed by atoms with Gasteiger partial charge in [-0.25, -0.2) is 4.98 Å². The van der Waals surface area contributed by atoms with E-state index in [4.69, 9.17) is 16.7 Å². The molecule has 3 heterocycles. The van der Waals surface area contributed by atoms with Gasteiger partial charge in [-0.15, -0.1) is 0 Å². The molecule has 0 saturated carbocycles. The van der Waals surface area contributed by atoms with E-state index in [2.05, 4.69) is 15.1 Å². The van der Waals surface area contributed by atoms with Crippen molar-refractivity contribution in [2.45, 2.75) is 13.0 Å². The number of aryl methyl sites for hydroxylation is 1. The lowest BCUT2D eigenvalue weighted by Gasteiger charge is -2.01. The summed E-state index contributed by atoms with van der Waals surface area (Å²) in [6.07, 6.45) is 6.20. The van der Waals surface area contributed by atoms with Crippen molar-refractivity contribution < 1.29 is 5.11 Å². The molecule has 0 aliphatic rings. The Labute approximate surface area is 120 Å². The molecule has 3 aromatic rings. The maximum Gasteiger partial charge on any atom is 0.129 e.